The standard InChI is InChI=1S/C34H68S2/c1-12-14-16-18-20-24-30(25-21-19-17-15-13-2)33(8,9)29-34(10,11)36-35-27-23-22-26-32(6,7)28-31(3,4)5/h22,26,30H,12-21,23-25,27-29H2,1-11H3/b26-22-. The quantitative estimate of drug-likeness (QED) is 0.0760. The molecule has 0 aromatic heterocycles. The summed E-state index contributed by atoms with van der Waals surface area (Å²) < 4.78 is 0.325. The van der Waals surface area contributed by atoms with Crippen LogP contribution in [0.4, 0.5) is 0 Å². The highest BCUT2D eigenvalue weighted by Gasteiger charge is 2.35. The summed E-state index contributed by atoms with van der Waals surface area (Å²) >= 11 is 0. The second-order valence-corrected chi connectivity index (χ2v) is 18.0. The van der Waals surface area contributed by atoms with Crippen LogP contribution in [0.3, 0.4) is 0 Å². The van der Waals surface area contributed by atoms with E-state index in [1.807, 2.05) is 0 Å². The Hall–Kier alpha value is 0.440. The monoisotopic (exact) mass is 540 g/mol. The SMILES string of the molecule is CCCCCCCC(CCCCCCC)C(C)(C)CC(C)(C)SSCC/C=C\C(C)(C)CC(C)(C)C. The van der Waals surface area contributed by atoms with Crippen LogP contribution in [0.1, 0.15) is 172 Å². The largest absolute Gasteiger partial charge is 0.0933 e. The average molecular weight is 541 g/mol. The molecule has 36 heavy (non-hydrogen) atoms. The van der Waals surface area contributed by atoms with E-state index in [4.69, 9.17) is 0 Å². The second-order valence-electron chi connectivity index (χ2n) is 14.9. The second kappa shape index (κ2) is 18.7. The molecule has 0 aromatic rings. The fraction of sp³-hybridized carbons (Fsp3) is 0.941. The van der Waals surface area contributed by atoms with Gasteiger partial charge in [-0.25, -0.2) is 0 Å². The Morgan fingerprint density at radius 1 is 0.639 bits per heavy atom. The summed E-state index contributed by atoms with van der Waals surface area (Å²) in [6.07, 6.45) is 25.6. The van der Waals surface area contributed by atoms with Crippen molar-refractivity contribution < 1.29 is 0 Å². The van der Waals surface area contributed by atoms with Gasteiger partial charge in [-0.1, -0.05) is 160 Å². The number of hydrogen-bond donors (Lipinski definition) is 0. The molecule has 0 spiro atoms. The Bertz CT molecular complexity index is 536. The molecule has 0 fully saturated rings. The van der Waals surface area contributed by atoms with Gasteiger partial charge in [-0.2, -0.15) is 0 Å². The summed E-state index contributed by atoms with van der Waals surface area (Å²) in [4.78, 5) is 0. The van der Waals surface area contributed by atoms with Crippen LogP contribution in [0.25, 0.3) is 0 Å². The molecule has 0 aliphatic carbocycles. The van der Waals surface area contributed by atoms with Gasteiger partial charge >= 0.3 is 0 Å². The van der Waals surface area contributed by atoms with Crippen LogP contribution < -0.4 is 0 Å². The Kier molecular flexibility index (Phi) is 18.9. The van der Waals surface area contributed by atoms with Crippen molar-refractivity contribution in [1.82, 2.24) is 0 Å². The van der Waals surface area contributed by atoms with Gasteiger partial charge in [-0.15, -0.1) is 0 Å². The smallest absolute Gasteiger partial charge is 0.0212 e. The van der Waals surface area contributed by atoms with Crippen LogP contribution in [0.5, 0.6) is 0 Å². The number of unbranched alkanes of at least 4 members (excludes halogenated alkanes) is 8. The fourth-order valence-corrected chi connectivity index (χ4v) is 9.07. The lowest BCUT2D eigenvalue weighted by Crippen LogP contribution is -2.32. The third kappa shape index (κ3) is 20.4. The first-order valence-electron chi connectivity index (χ1n) is 15.6. The summed E-state index contributed by atoms with van der Waals surface area (Å²) in [6, 6.07) is 0. The molecule has 0 radical (unpaired) electrons. The minimum absolute atomic E-state index is 0.293. The van der Waals surface area contributed by atoms with Gasteiger partial charge in [0.2, 0.25) is 0 Å². The molecule has 0 nitrogen and oxygen atoms in total. The number of hydrogen-bond acceptors (Lipinski definition) is 2. The van der Waals surface area contributed by atoms with E-state index in [-0.39, 0.29) is 0 Å². The molecule has 0 N–H and O–H groups in total. The van der Waals surface area contributed by atoms with Crippen LogP contribution in [0.15, 0.2) is 12.2 Å². The maximum absolute atomic E-state index is 2.59. The highest BCUT2D eigenvalue weighted by molar-refractivity contribution is 8.77. The van der Waals surface area contributed by atoms with Crippen molar-refractivity contribution in [2.24, 2.45) is 22.2 Å². The normalized spacial score (nSPS) is 13.9. The zero-order chi connectivity index (χ0) is 27.7. The topological polar surface area (TPSA) is 0 Å². The number of rotatable bonds is 22. The van der Waals surface area contributed by atoms with Gasteiger partial charge in [0, 0.05) is 10.5 Å². The molecule has 0 aromatic carbocycles. The molecule has 0 heterocycles. The van der Waals surface area contributed by atoms with Crippen molar-refractivity contribution in [2.75, 3.05) is 5.75 Å². The molecule has 0 bridgehead atoms. The average Bonchev–Trinajstić information content (AvgIpc) is 2.71. The van der Waals surface area contributed by atoms with Gasteiger partial charge in [-0.3, -0.25) is 0 Å². The van der Waals surface area contributed by atoms with E-state index < -0.39 is 0 Å². The van der Waals surface area contributed by atoms with E-state index in [0.29, 0.717) is 21.0 Å². The van der Waals surface area contributed by atoms with Crippen molar-refractivity contribution in [1.29, 1.82) is 0 Å². The van der Waals surface area contributed by atoms with E-state index >= 15 is 0 Å². The molecular weight excluding hydrogens is 473 g/mol. The Labute approximate surface area is 238 Å². The number of allylic oxidation sites excluding steroid dienone is 2. The zero-order valence-electron chi connectivity index (χ0n) is 26.9. The third-order valence-electron chi connectivity index (χ3n) is 7.51. The van der Waals surface area contributed by atoms with Crippen molar-refractivity contribution in [3.63, 3.8) is 0 Å². The molecule has 0 saturated heterocycles. The maximum atomic E-state index is 2.59. The molecule has 2 heteroatoms. The van der Waals surface area contributed by atoms with Crippen molar-refractivity contribution >= 4 is 21.6 Å². The van der Waals surface area contributed by atoms with E-state index in [0.717, 1.165) is 5.92 Å². The summed E-state index contributed by atoms with van der Waals surface area (Å²) in [5.74, 6) is 2.09. The summed E-state index contributed by atoms with van der Waals surface area (Å²) in [6.45, 7) is 26.6. The molecule has 0 unspecified atom stereocenters. The van der Waals surface area contributed by atoms with Gasteiger partial charge in [0.05, 0.1) is 0 Å². The summed E-state index contributed by atoms with van der Waals surface area (Å²) in [5, 5.41) is 0. The van der Waals surface area contributed by atoms with Crippen LogP contribution in [-0.2, 0) is 0 Å². The predicted octanol–water partition coefficient (Wildman–Crippen LogP) is 13.3. The van der Waals surface area contributed by atoms with Crippen molar-refractivity contribution in [3.8, 4) is 0 Å². The third-order valence-corrected chi connectivity index (χ3v) is 10.8. The Morgan fingerprint density at radius 2 is 1.14 bits per heavy atom. The highest BCUT2D eigenvalue weighted by Crippen LogP contribution is 2.48. The zero-order valence-corrected chi connectivity index (χ0v) is 28.5. The molecular formula is C34H68S2. The van der Waals surface area contributed by atoms with Crippen LogP contribution >= 0.6 is 21.6 Å². The molecule has 0 atom stereocenters. The lowest BCUT2D eigenvalue weighted by Gasteiger charge is -2.40. The first kappa shape index (κ1) is 36.4. The Morgan fingerprint density at radius 3 is 1.61 bits per heavy atom. The molecule has 0 amide bonds. The molecule has 0 aliphatic heterocycles. The van der Waals surface area contributed by atoms with Crippen molar-refractivity contribution in [3.05, 3.63) is 12.2 Å². The summed E-state index contributed by atoms with van der Waals surface area (Å²) in [7, 11) is 4.24. The molecule has 0 rings (SSSR count). The van der Waals surface area contributed by atoms with Gasteiger partial charge in [0.15, 0.2) is 0 Å². The van der Waals surface area contributed by atoms with Crippen LogP contribution in [0, 0.1) is 22.2 Å². The fourth-order valence-electron chi connectivity index (χ4n) is 6.33. The van der Waals surface area contributed by atoms with E-state index in [2.05, 4.69) is 110 Å². The van der Waals surface area contributed by atoms with Gasteiger partial charge in [0.25, 0.3) is 0 Å². The van der Waals surface area contributed by atoms with Gasteiger partial charge < -0.3 is 0 Å². The molecule has 0 aliphatic rings. The van der Waals surface area contributed by atoms with Gasteiger partial charge in [-0.05, 0) is 68.1 Å². The first-order chi connectivity index (χ1) is 16.6. The van der Waals surface area contributed by atoms with E-state index in [9.17, 15) is 0 Å². The maximum Gasteiger partial charge on any atom is 0.0212 e. The highest BCUT2D eigenvalue weighted by atomic mass is 33.1. The summed E-state index contributed by atoms with van der Waals surface area (Å²) in [5.41, 5.74) is 1.10. The predicted molar refractivity (Wildman–Crippen MR) is 174 cm³/mol. The van der Waals surface area contributed by atoms with Crippen LogP contribution in [0.2, 0.25) is 0 Å². The Balaban J connectivity index is 4.72. The van der Waals surface area contributed by atoms with Gasteiger partial charge in [0.1, 0.15) is 0 Å². The van der Waals surface area contributed by atoms with Crippen LogP contribution in [-0.4, -0.2) is 10.5 Å². The van der Waals surface area contributed by atoms with E-state index in [1.54, 1.807) is 0 Å². The lowest BCUT2D eigenvalue weighted by molar-refractivity contribution is 0.151. The minimum Gasteiger partial charge on any atom is -0.0933 e. The molecule has 216 valence electrons. The van der Waals surface area contributed by atoms with Crippen molar-refractivity contribution in [2.45, 2.75) is 177 Å². The van der Waals surface area contributed by atoms with E-state index in [1.165, 1.54) is 102 Å². The minimum atomic E-state index is 0.293. The molecule has 0 saturated carbocycles. The first-order valence-corrected chi connectivity index (χ1v) is 17.9. The lowest BCUT2D eigenvalue weighted by atomic mass is 9.69.